The summed E-state index contributed by atoms with van der Waals surface area (Å²) in [5.41, 5.74) is 6.19. The van der Waals surface area contributed by atoms with E-state index in [0.29, 0.717) is 5.82 Å². The Morgan fingerprint density at radius 1 is 1.26 bits per heavy atom. The van der Waals surface area contributed by atoms with Crippen LogP contribution in [-0.2, 0) is 0 Å². The summed E-state index contributed by atoms with van der Waals surface area (Å²) in [6, 6.07) is 7.82. The Kier molecular flexibility index (Phi) is 5.31. The highest BCUT2D eigenvalue weighted by molar-refractivity contribution is 6.07. The molecule has 0 aliphatic heterocycles. The third-order valence-corrected chi connectivity index (χ3v) is 3.33. The molecule has 0 aliphatic rings. The number of hydrogen-bond acceptors (Lipinski definition) is 6. The van der Waals surface area contributed by atoms with E-state index >= 15 is 0 Å². The second-order valence-electron chi connectivity index (χ2n) is 5.38. The number of aromatic nitrogens is 3. The average molecular weight is 366 g/mol. The van der Waals surface area contributed by atoms with E-state index in [0.717, 1.165) is 24.3 Å². The highest BCUT2D eigenvalue weighted by Crippen LogP contribution is 2.26. The van der Waals surface area contributed by atoms with Crippen LogP contribution in [-0.4, -0.2) is 27.2 Å². The molecule has 0 saturated carbocycles. The molecule has 0 radical (unpaired) electrons. The molecule has 136 valence electrons. The molecule has 0 bridgehead atoms. The van der Waals surface area contributed by atoms with Crippen LogP contribution < -0.4 is 15.8 Å². The van der Waals surface area contributed by atoms with Crippen molar-refractivity contribution in [3.8, 4) is 11.5 Å². The molecule has 3 heterocycles. The molecule has 8 nitrogen and oxygen atoms in total. The van der Waals surface area contributed by atoms with Gasteiger partial charge in [0.1, 0.15) is 23.1 Å². The number of pyridine rings is 3. The first-order chi connectivity index (χ1) is 13.0. The zero-order valence-electron chi connectivity index (χ0n) is 14.3. The standard InChI is InChI=1S/C18H15FN6O2/c1-11-3-2-4-16(24-11)25-18(26)15-6-14(9-22-17(15)23-10-20)27-13-5-12(19)7-21-8-13/h2-10H,1H3,(H2,20,22,23)(H,24,25,26). The lowest BCUT2D eigenvalue weighted by atomic mass is 10.2. The monoisotopic (exact) mass is 366 g/mol. The zero-order chi connectivity index (χ0) is 19.2. The molecule has 27 heavy (non-hydrogen) atoms. The molecule has 0 aromatic carbocycles. The van der Waals surface area contributed by atoms with Gasteiger partial charge >= 0.3 is 0 Å². The fourth-order valence-electron chi connectivity index (χ4n) is 2.22. The Morgan fingerprint density at radius 3 is 2.81 bits per heavy atom. The van der Waals surface area contributed by atoms with Crippen molar-refractivity contribution < 1.29 is 13.9 Å². The number of halogens is 1. The van der Waals surface area contributed by atoms with Gasteiger partial charge in [0, 0.05) is 11.8 Å². The van der Waals surface area contributed by atoms with Crippen molar-refractivity contribution in [1.29, 1.82) is 0 Å². The minimum absolute atomic E-state index is 0.104. The van der Waals surface area contributed by atoms with Crippen LogP contribution >= 0.6 is 0 Å². The molecule has 3 N–H and O–H groups in total. The van der Waals surface area contributed by atoms with Crippen LogP contribution in [0.2, 0.25) is 0 Å². The van der Waals surface area contributed by atoms with E-state index in [9.17, 15) is 9.18 Å². The van der Waals surface area contributed by atoms with Crippen molar-refractivity contribution in [1.82, 2.24) is 15.0 Å². The predicted octanol–water partition coefficient (Wildman–Crippen LogP) is 2.98. The maximum Gasteiger partial charge on any atom is 0.260 e. The normalized spacial score (nSPS) is 10.7. The lowest BCUT2D eigenvalue weighted by molar-refractivity contribution is 0.102. The maximum atomic E-state index is 13.3. The van der Waals surface area contributed by atoms with Crippen LogP contribution in [0.4, 0.5) is 16.0 Å². The minimum Gasteiger partial charge on any atom is -0.454 e. The molecular weight excluding hydrogens is 351 g/mol. The molecule has 1 amide bonds. The van der Waals surface area contributed by atoms with E-state index in [1.54, 1.807) is 12.1 Å². The van der Waals surface area contributed by atoms with E-state index in [-0.39, 0.29) is 22.9 Å². The summed E-state index contributed by atoms with van der Waals surface area (Å²) in [6.07, 6.45) is 4.76. The van der Waals surface area contributed by atoms with Gasteiger partial charge in [-0.1, -0.05) is 6.07 Å². The molecule has 0 aliphatic carbocycles. The van der Waals surface area contributed by atoms with Crippen molar-refractivity contribution in [3.05, 3.63) is 66.0 Å². The van der Waals surface area contributed by atoms with Crippen molar-refractivity contribution in [3.63, 3.8) is 0 Å². The van der Waals surface area contributed by atoms with Gasteiger partial charge in [0.2, 0.25) is 0 Å². The van der Waals surface area contributed by atoms with E-state index in [4.69, 9.17) is 10.5 Å². The molecule has 0 saturated heterocycles. The summed E-state index contributed by atoms with van der Waals surface area (Å²) in [5.74, 6) is -0.188. The lowest BCUT2D eigenvalue weighted by Crippen LogP contribution is -2.14. The molecule has 3 aromatic rings. The Balaban J connectivity index is 1.90. The van der Waals surface area contributed by atoms with Crippen molar-refractivity contribution in [2.24, 2.45) is 10.7 Å². The van der Waals surface area contributed by atoms with Gasteiger partial charge in [-0.3, -0.25) is 9.78 Å². The van der Waals surface area contributed by atoms with Crippen LogP contribution in [0.5, 0.6) is 11.5 Å². The molecule has 0 atom stereocenters. The summed E-state index contributed by atoms with van der Waals surface area (Å²) < 4.78 is 18.8. The van der Waals surface area contributed by atoms with Crippen molar-refractivity contribution >= 4 is 23.9 Å². The molecule has 3 aromatic heterocycles. The SMILES string of the molecule is Cc1cccc(NC(=O)c2cc(Oc3cncc(F)c3)cnc2/N=C\N)n1. The van der Waals surface area contributed by atoms with Crippen LogP contribution in [0.1, 0.15) is 16.1 Å². The lowest BCUT2D eigenvalue weighted by Gasteiger charge is -2.10. The van der Waals surface area contributed by atoms with Crippen LogP contribution in [0.15, 0.2) is 53.9 Å². The summed E-state index contributed by atoms with van der Waals surface area (Å²) in [6.45, 7) is 1.81. The van der Waals surface area contributed by atoms with Gasteiger partial charge in [-0.15, -0.1) is 0 Å². The summed E-state index contributed by atoms with van der Waals surface area (Å²) in [4.78, 5) is 28.5. The Morgan fingerprint density at radius 2 is 2.07 bits per heavy atom. The van der Waals surface area contributed by atoms with Crippen LogP contribution in [0.3, 0.4) is 0 Å². The summed E-state index contributed by atoms with van der Waals surface area (Å²) in [7, 11) is 0. The van der Waals surface area contributed by atoms with Gasteiger partial charge < -0.3 is 15.8 Å². The van der Waals surface area contributed by atoms with Gasteiger partial charge in [0.15, 0.2) is 5.82 Å². The average Bonchev–Trinajstić information content (AvgIpc) is 2.63. The number of nitrogens with zero attached hydrogens (tertiary/aromatic N) is 4. The third kappa shape index (κ3) is 4.60. The number of aryl methyl sites for hydroxylation is 1. The number of carbonyl (C=O) groups is 1. The molecule has 3 rings (SSSR count). The minimum atomic E-state index is -0.548. The van der Waals surface area contributed by atoms with Gasteiger partial charge in [0.05, 0.1) is 30.5 Å². The highest BCUT2D eigenvalue weighted by Gasteiger charge is 2.15. The van der Waals surface area contributed by atoms with Gasteiger partial charge in [-0.05, 0) is 25.1 Å². The smallest absolute Gasteiger partial charge is 0.260 e. The molecular formula is C18H15FN6O2. The van der Waals surface area contributed by atoms with Crippen molar-refractivity contribution in [2.45, 2.75) is 6.92 Å². The van der Waals surface area contributed by atoms with Gasteiger partial charge in [0.25, 0.3) is 5.91 Å². The molecule has 0 unspecified atom stereocenters. The number of carbonyl (C=O) groups excluding carboxylic acids is 1. The Hall–Kier alpha value is -3.88. The van der Waals surface area contributed by atoms with Gasteiger partial charge in [-0.25, -0.2) is 19.4 Å². The Bertz CT molecular complexity index is 1010. The quantitative estimate of drug-likeness (QED) is 0.530. The number of anilines is 1. The summed E-state index contributed by atoms with van der Waals surface area (Å²) >= 11 is 0. The third-order valence-electron chi connectivity index (χ3n) is 3.33. The maximum absolute atomic E-state index is 13.3. The molecule has 9 heteroatoms. The fourth-order valence-corrected chi connectivity index (χ4v) is 2.22. The van der Waals surface area contributed by atoms with E-state index in [1.807, 2.05) is 13.0 Å². The van der Waals surface area contributed by atoms with Crippen LogP contribution in [0, 0.1) is 12.7 Å². The van der Waals surface area contributed by atoms with E-state index < -0.39 is 11.7 Å². The number of nitrogens with one attached hydrogen (secondary N) is 1. The van der Waals surface area contributed by atoms with Crippen molar-refractivity contribution in [2.75, 3.05) is 5.32 Å². The first-order valence-corrected chi connectivity index (χ1v) is 7.83. The predicted molar refractivity (Wildman–Crippen MR) is 97.8 cm³/mol. The van der Waals surface area contributed by atoms with Crippen LogP contribution in [0.25, 0.3) is 0 Å². The number of aliphatic imine (C=N–C) groups is 1. The summed E-state index contributed by atoms with van der Waals surface area (Å²) in [5, 5.41) is 2.67. The highest BCUT2D eigenvalue weighted by atomic mass is 19.1. The molecule has 0 spiro atoms. The first-order valence-electron chi connectivity index (χ1n) is 7.83. The Labute approximate surface area is 154 Å². The second-order valence-corrected chi connectivity index (χ2v) is 5.38. The zero-order valence-corrected chi connectivity index (χ0v) is 14.3. The number of ether oxygens (including phenoxy) is 1. The molecule has 0 fully saturated rings. The van der Waals surface area contributed by atoms with Gasteiger partial charge in [-0.2, -0.15) is 0 Å². The number of hydrogen-bond donors (Lipinski definition) is 2. The first kappa shape index (κ1) is 17.9. The topological polar surface area (TPSA) is 115 Å². The fraction of sp³-hybridized carbons (Fsp3) is 0.0556. The largest absolute Gasteiger partial charge is 0.454 e. The number of amides is 1. The number of nitrogens with two attached hydrogens (primary N) is 1. The number of rotatable bonds is 5. The van der Waals surface area contributed by atoms with E-state index in [1.165, 1.54) is 18.5 Å². The van der Waals surface area contributed by atoms with E-state index in [2.05, 4.69) is 25.3 Å². The second kappa shape index (κ2) is 8.00.